The second kappa shape index (κ2) is 35.4. The highest BCUT2D eigenvalue weighted by atomic mass is 16.7. The molecule has 9 nitrogen and oxygen atoms in total. The molecule has 0 aromatic carbocycles. The van der Waals surface area contributed by atoms with Crippen LogP contribution in [-0.4, -0.2) is 89.6 Å². The Balaban J connectivity index is 2.26. The van der Waals surface area contributed by atoms with Gasteiger partial charge in [0.15, 0.2) is 6.29 Å². The monoisotopic (exact) mass is 741 g/mol. The molecular weight excluding hydrogens is 660 g/mol. The van der Waals surface area contributed by atoms with E-state index in [1.165, 1.54) is 109 Å². The molecule has 4 N–H and O–H groups in total. The molecule has 0 aromatic rings. The Morgan fingerprint density at radius 2 is 1.08 bits per heavy atom. The summed E-state index contributed by atoms with van der Waals surface area (Å²) < 4.78 is 22.7. The summed E-state index contributed by atoms with van der Waals surface area (Å²) in [6.07, 6.45) is 32.0. The zero-order chi connectivity index (χ0) is 37.9. The number of carbonyl (C=O) groups excluding carboxylic acids is 1. The van der Waals surface area contributed by atoms with Crippen molar-refractivity contribution in [3.8, 4) is 0 Å². The Labute approximate surface area is 317 Å². The number of carbonyl (C=O) groups is 1. The summed E-state index contributed by atoms with van der Waals surface area (Å²) in [7, 11) is 0. The fraction of sp³-hybridized carbons (Fsp3) is 0.884. The number of aliphatic hydroxyl groups is 4. The smallest absolute Gasteiger partial charge is 0.306 e. The fourth-order valence-corrected chi connectivity index (χ4v) is 6.41. The van der Waals surface area contributed by atoms with Crippen LogP contribution in [-0.2, 0) is 23.7 Å². The quantitative estimate of drug-likeness (QED) is 0.0282. The maximum absolute atomic E-state index is 12.7. The lowest BCUT2D eigenvalue weighted by Crippen LogP contribution is -2.59. The Hall–Kier alpha value is -1.33. The minimum Gasteiger partial charge on any atom is -0.457 e. The Morgan fingerprint density at radius 3 is 1.62 bits per heavy atom. The van der Waals surface area contributed by atoms with Crippen LogP contribution in [0.15, 0.2) is 24.3 Å². The zero-order valence-corrected chi connectivity index (χ0v) is 33.3. The van der Waals surface area contributed by atoms with Crippen LogP contribution < -0.4 is 0 Å². The third kappa shape index (κ3) is 26.4. The maximum Gasteiger partial charge on any atom is 0.306 e. The second-order valence-electron chi connectivity index (χ2n) is 14.8. The van der Waals surface area contributed by atoms with Gasteiger partial charge in [0, 0.05) is 13.0 Å². The molecule has 306 valence electrons. The predicted molar refractivity (Wildman–Crippen MR) is 210 cm³/mol. The number of aliphatic hydroxyl groups excluding tert-OH is 4. The predicted octanol–water partition coefficient (Wildman–Crippen LogP) is 9.03. The molecule has 0 radical (unpaired) electrons. The van der Waals surface area contributed by atoms with Gasteiger partial charge >= 0.3 is 5.97 Å². The number of hydrogen-bond acceptors (Lipinski definition) is 9. The van der Waals surface area contributed by atoms with Crippen LogP contribution in [0.4, 0.5) is 0 Å². The van der Waals surface area contributed by atoms with Gasteiger partial charge in [-0.25, -0.2) is 0 Å². The van der Waals surface area contributed by atoms with E-state index < -0.39 is 43.4 Å². The van der Waals surface area contributed by atoms with Gasteiger partial charge in [-0.1, -0.05) is 141 Å². The van der Waals surface area contributed by atoms with Gasteiger partial charge in [0.05, 0.1) is 19.8 Å². The standard InChI is InChI=1S/C43H80O9/c1-3-5-7-9-11-13-15-16-17-18-19-20-21-23-25-27-29-31-33-49-35-37(36-50-43-42(48)41(47)40(46)38(34-44)52-43)51-39(45)32-30-28-26-24-22-14-12-10-8-6-4-2/h10,12,16-17,37-38,40-44,46-48H,3-9,11,13-15,18-36H2,1-2H3/b12-10-,17-16-. The van der Waals surface area contributed by atoms with Gasteiger partial charge in [0.2, 0.25) is 0 Å². The third-order valence-electron chi connectivity index (χ3n) is 9.84. The molecular formula is C43H80O9. The van der Waals surface area contributed by atoms with Crippen molar-refractivity contribution in [3.63, 3.8) is 0 Å². The molecule has 9 heteroatoms. The van der Waals surface area contributed by atoms with E-state index in [4.69, 9.17) is 18.9 Å². The first-order valence-electron chi connectivity index (χ1n) is 21.4. The summed E-state index contributed by atoms with van der Waals surface area (Å²) in [6.45, 7) is 4.50. The highest BCUT2D eigenvalue weighted by Gasteiger charge is 2.44. The van der Waals surface area contributed by atoms with Crippen LogP contribution in [0.5, 0.6) is 0 Å². The zero-order valence-electron chi connectivity index (χ0n) is 33.3. The minimum absolute atomic E-state index is 0.116. The molecule has 0 bridgehead atoms. The fourth-order valence-electron chi connectivity index (χ4n) is 6.41. The van der Waals surface area contributed by atoms with Crippen LogP contribution in [0.1, 0.15) is 181 Å². The first kappa shape index (κ1) is 48.7. The average molecular weight is 741 g/mol. The molecule has 6 unspecified atom stereocenters. The van der Waals surface area contributed by atoms with E-state index in [9.17, 15) is 25.2 Å². The van der Waals surface area contributed by atoms with E-state index in [0.717, 1.165) is 51.4 Å². The van der Waals surface area contributed by atoms with E-state index in [0.29, 0.717) is 13.0 Å². The molecule has 0 aliphatic carbocycles. The lowest BCUT2D eigenvalue weighted by atomic mass is 9.99. The molecule has 0 aromatic heterocycles. The van der Waals surface area contributed by atoms with Crippen LogP contribution in [0.3, 0.4) is 0 Å². The Bertz CT molecular complexity index is 848. The van der Waals surface area contributed by atoms with Gasteiger partial charge in [0.25, 0.3) is 0 Å². The lowest BCUT2D eigenvalue weighted by Gasteiger charge is -2.39. The summed E-state index contributed by atoms with van der Waals surface area (Å²) in [5.41, 5.74) is 0. The van der Waals surface area contributed by atoms with Crippen molar-refractivity contribution < 1.29 is 44.2 Å². The van der Waals surface area contributed by atoms with Gasteiger partial charge in [-0.15, -0.1) is 0 Å². The molecule has 1 rings (SSSR count). The molecule has 0 spiro atoms. The number of hydrogen-bond donors (Lipinski definition) is 4. The van der Waals surface area contributed by atoms with Crippen molar-refractivity contribution in [2.24, 2.45) is 0 Å². The van der Waals surface area contributed by atoms with Crippen molar-refractivity contribution in [1.82, 2.24) is 0 Å². The molecule has 1 saturated heterocycles. The van der Waals surface area contributed by atoms with Gasteiger partial charge < -0.3 is 39.4 Å². The van der Waals surface area contributed by atoms with E-state index in [2.05, 4.69) is 38.2 Å². The first-order chi connectivity index (χ1) is 25.4. The van der Waals surface area contributed by atoms with Crippen LogP contribution >= 0.6 is 0 Å². The number of ether oxygens (including phenoxy) is 4. The lowest BCUT2D eigenvalue weighted by molar-refractivity contribution is -0.305. The maximum atomic E-state index is 12.7. The molecule has 1 aliphatic heterocycles. The van der Waals surface area contributed by atoms with Crippen LogP contribution in [0, 0.1) is 0 Å². The van der Waals surface area contributed by atoms with Crippen LogP contribution in [0.25, 0.3) is 0 Å². The Morgan fingerprint density at radius 1 is 0.596 bits per heavy atom. The largest absolute Gasteiger partial charge is 0.457 e. The molecule has 52 heavy (non-hydrogen) atoms. The third-order valence-corrected chi connectivity index (χ3v) is 9.84. The van der Waals surface area contributed by atoms with Crippen molar-refractivity contribution >= 4 is 5.97 Å². The number of esters is 1. The van der Waals surface area contributed by atoms with E-state index >= 15 is 0 Å². The van der Waals surface area contributed by atoms with Crippen molar-refractivity contribution in [2.75, 3.05) is 26.4 Å². The SMILES string of the molecule is CCCC/C=C\CCCCCCCC(=O)OC(COCCCCCCCCCC/C=C\CCCCCCCC)COC1OC(CO)C(O)C(O)C1O. The van der Waals surface area contributed by atoms with Gasteiger partial charge in [-0.3, -0.25) is 4.79 Å². The number of unbranched alkanes of at least 4 members (excludes halogenated alkanes) is 21. The molecule has 0 amide bonds. The molecule has 6 atom stereocenters. The van der Waals surface area contributed by atoms with Gasteiger partial charge in [-0.05, 0) is 57.8 Å². The summed E-state index contributed by atoms with van der Waals surface area (Å²) in [5, 5.41) is 40.0. The van der Waals surface area contributed by atoms with Crippen molar-refractivity contribution in [1.29, 1.82) is 0 Å². The summed E-state index contributed by atoms with van der Waals surface area (Å²) in [4.78, 5) is 12.7. The molecule has 1 heterocycles. The normalized spacial score (nSPS) is 21.4. The number of rotatable bonds is 36. The second-order valence-corrected chi connectivity index (χ2v) is 14.8. The first-order valence-corrected chi connectivity index (χ1v) is 21.4. The summed E-state index contributed by atoms with van der Waals surface area (Å²) >= 11 is 0. The number of allylic oxidation sites excluding steroid dienone is 4. The van der Waals surface area contributed by atoms with Gasteiger partial charge in [0.1, 0.15) is 30.5 Å². The van der Waals surface area contributed by atoms with Crippen LogP contribution in [0.2, 0.25) is 0 Å². The van der Waals surface area contributed by atoms with E-state index in [-0.39, 0.29) is 19.2 Å². The van der Waals surface area contributed by atoms with E-state index in [1.807, 2.05) is 0 Å². The molecule has 1 aliphatic rings. The van der Waals surface area contributed by atoms with Crippen molar-refractivity contribution in [2.45, 2.75) is 218 Å². The highest BCUT2D eigenvalue weighted by Crippen LogP contribution is 2.22. The van der Waals surface area contributed by atoms with E-state index in [1.54, 1.807) is 0 Å². The topological polar surface area (TPSA) is 135 Å². The summed E-state index contributed by atoms with van der Waals surface area (Å²) in [5.74, 6) is -0.325. The Kier molecular flexibility index (Phi) is 33.1. The highest BCUT2D eigenvalue weighted by molar-refractivity contribution is 5.69. The average Bonchev–Trinajstić information content (AvgIpc) is 3.14. The molecule has 0 saturated carbocycles. The summed E-state index contributed by atoms with van der Waals surface area (Å²) in [6, 6.07) is 0. The van der Waals surface area contributed by atoms with Crippen molar-refractivity contribution in [3.05, 3.63) is 24.3 Å². The molecule has 1 fully saturated rings. The minimum atomic E-state index is -1.54. The van der Waals surface area contributed by atoms with Gasteiger partial charge in [-0.2, -0.15) is 0 Å².